The van der Waals surface area contributed by atoms with Crippen LogP contribution in [0.1, 0.15) is 0 Å². The van der Waals surface area contributed by atoms with Gasteiger partial charge in [-0.25, -0.2) is 0 Å². The summed E-state index contributed by atoms with van der Waals surface area (Å²) in [6.45, 7) is 0. The molecule has 0 aromatic rings. The molecule has 0 aliphatic rings. The Kier molecular flexibility index (Phi) is 2980. The Bertz CT molecular complexity index is 6.00. The third-order valence-electron chi connectivity index (χ3n) is 0. The van der Waals surface area contributed by atoms with Crippen LogP contribution in [0.25, 0.3) is 0 Å². The van der Waals surface area contributed by atoms with E-state index in [-0.39, 0.29) is 16.4 Å². The molecule has 2 nitrogen and oxygen atoms in total. The summed E-state index contributed by atoms with van der Waals surface area (Å²) in [4.78, 5) is 0. The van der Waals surface area contributed by atoms with Crippen molar-refractivity contribution in [3.05, 3.63) is 0 Å². The predicted octanol–water partition coefficient (Wildman–Crippen LogP) is -2.61. The highest BCUT2D eigenvalue weighted by Crippen LogP contribution is 0.558. The van der Waals surface area contributed by atoms with Gasteiger partial charge in [0.05, 0.1) is 0 Å². The average Bonchev–Trinajstić information content (AvgIpc) is 1.00. The second-order valence-electron chi connectivity index (χ2n) is 0. The first-order valence-electron chi connectivity index (χ1n) is 0.167. The lowest BCUT2D eigenvalue weighted by molar-refractivity contribution is 0.702. The van der Waals surface area contributed by atoms with Crippen LogP contribution in [-0.4, -0.2) is 20.7 Å². The highest BCUT2D eigenvalue weighted by atomic mass is 32.1. The summed E-state index contributed by atoms with van der Waals surface area (Å²) >= 11 is 2.83. The molecule has 0 aliphatic heterocycles. The molecule has 0 spiro atoms. The fraction of sp³-hybridized carbons (Fsp3) is 0. The van der Waals surface area contributed by atoms with Crippen molar-refractivity contribution in [2.75, 3.05) is 0 Å². The summed E-state index contributed by atoms with van der Waals surface area (Å²) in [6.07, 6.45) is 0. The standard InChI is InChI=1S/OS.H2O.H4Si/c1-2;;/h;1H2;1H4. The Morgan fingerprint density at radius 1 is 1.25 bits per heavy atom. The Labute approximate surface area is 34.1 Å². The lowest BCUT2D eigenvalue weighted by Crippen LogP contribution is -0.894. The summed E-state index contributed by atoms with van der Waals surface area (Å²) in [6, 6.07) is 0. The quantitative estimate of drug-likeness (QED) is 0.312. The fourth-order valence-electron chi connectivity index (χ4n) is 0. The van der Waals surface area contributed by atoms with Crippen molar-refractivity contribution < 1.29 is 9.69 Å². The highest BCUT2D eigenvalue weighted by Gasteiger charge is 0.734. The smallest absolute Gasteiger partial charge is 0.197 e. The average molecular weight is 98.2 g/mol. The van der Waals surface area contributed by atoms with Crippen LogP contribution in [0.15, 0.2) is 0 Å². The Morgan fingerprint density at radius 2 is 1.25 bits per heavy atom. The summed E-state index contributed by atoms with van der Waals surface area (Å²) in [5.41, 5.74) is 0. The first kappa shape index (κ1) is 29.9. The Balaban J connectivity index is -0.00000000500. The molecule has 0 atom stereocenters. The van der Waals surface area contributed by atoms with Gasteiger partial charge in [-0.3, -0.25) is 0 Å². The predicted molar refractivity (Wildman–Crippen MR) is 23.1 cm³/mol. The first-order chi connectivity index (χ1) is 1.00. The Morgan fingerprint density at radius 3 is 1.25 bits per heavy atom. The third-order valence-corrected chi connectivity index (χ3v) is 0. The monoisotopic (exact) mass is 98.0 g/mol. The summed E-state index contributed by atoms with van der Waals surface area (Å²) < 4.78 is 7.83. The summed E-state index contributed by atoms with van der Waals surface area (Å²) in [5.74, 6) is 0. The SMILES string of the molecule is O.O=S.[SiH4]. The van der Waals surface area contributed by atoms with Gasteiger partial charge in [-0.1, -0.05) is 0 Å². The maximum atomic E-state index is 7.83. The van der Waals surface area contributed by atoms with Crippen molar-refractivity contribution in [2.24, 2.45) is 0 Å². The lowest BCUT2D eigenvalue weighted by atomic mass is 16.0. The van der Waals surface area contributed by atoms with Gasteiger partial charge < -0.3 is 5.48 Å². The molecule has 0 aromatic heterocycles. The maximum Gasteiger partial charge on any atom is 0.197 e. The molecule has 2 N–H and O–H groups in total. The van der Waals surface area contributed by atoms with Gasteiger partial charge >= 0.3 is 0 Å². The van der Waals surface area contributed by atoms with E-state index in [9.17, 15) is 0 Å². The van der Waals surface area contributed by atoms with Crippen molar-refractivity contribution in [3.8, 4) is 0 Å². The molecule has 0 aliphatic carbocycles. The van der Waals surface area contributed by atoms with Crippen LogP contribution in [0.4, 0.5) is 0 Å². The van der Waals surface area contributed by atoms with Gasteiger partial charge in [0.1, 0.15) is 0 Å². The van der Waals surface area contributed by atoms with Crippen molar-refractivity contribution >= 4 is 23.5 Å². The van der Waals surface area contributed by atoms with Gasteiger partial charge in [0.2, 0.25) is 0 Å². The van der Waals surface area contributed by atoms with Crippen LogP contribution in [0, 0.1) is 0 Å². The van der Waals surface area contributed by atoms with Crippen molar-refractivity contribution in [1.82, 2.24) is 0 Å². The van der Waals surface area contributed by atoms with Gasteiger partial charge in [0.25, 0.3) is 0 Å². The van der Waals surface area contributed by atoms with Crippen molar-refractivity contribution in [2.45, 2.75) is 0 Å². The van der Waals surface area contributed by atoms with Gasteiger partial charge in [-0.15, -0.1) is 0 Å². The van der Waals surface area contributed by atoms with E-state index >= 15 is 0 Å². The van der Waals surface area contributed by atoms with Gasteiger partial charge in [0, 0.05) is 0 Å². The minimum atomic E-state index is 0. The van der Waals surface area contributed by atoms with E-state index < -0.39 is 0 Å². The van der Waals surface area contributed by atoms with Crippen LogP contribution >= 0.6 is 0 Å². The van der Waals surface area contributed by atoms with Crippen LogP contribution in [-0.2, 0) is 12.5 Å². The summed E-state index contributed by atoms with van der Waals surface area (Å²) in [7, 11) is 0. The van der Waals surface area contributed by atoms with E-state index in [1.165, 1.54) is 0 Å². The molecule has 0 saturated carbocycles. The number of hydrogen-bond acceptors (Lipinski definition) is 2. The molecule has 0 saturated heterocycles. The van der Waals surface area contributed by atoms with Gasteiger partial charge in [0.15, 0.2) is 12.5 Å². The molecular weight excluding hydrogens is 92.2 g/mol. The normalized spacial score (nSPS) is 1.00. The van der Waals surface area contributed by atoms with E-state index in [2.05, 4.69) is 12.5 Å². The van der Waals surface area contributed by atoms with Gasteiger partial charge in [-0.2, -0.15) is 4.21 Å². The molecule has 0 fully saturated rings. The highest BCUT2D eigenvalue weighted by molar-refractivity contribution is 7.44. The number of rotatable bonds is 0. The second-order valence-corrected chi connectivity index (χ2v) is 0. The topological polar surface area (TPSA) is 48.6 Å². The largest absolute Gasteiger partial charge is 0.412 e. The van der Waals surface area contributed by atoms with Crippen LogP contribution in [0.3, 0.4) is 0 Å². The van der Waals surface area contributed by atoms with Crippen LogP contribution < -0.4 is 0 Å². The minimum absolute atomic E-state index is 0. The zero-order valence-corrected chi connectivity index (χ0v) is 2.13. The zero-order valence-electron chi connectivity index (χ0n) is 1.32. The van der Waals surface area contributed by atoms with E-state index in [1.54, 1.807) is 0 Å². The first-order valence-corrected chi connectivity index (χ1v) is 0.500. The van der Waals surface area contributed by atoms with Crippen molar-refractivity contribution in [3.63, 3.8) is 0 Å². The molecule has 0 bridgehead atoms. The molecule has 0 heterocycles. The molecule has 28 valence electrons. The number of hydrogen-bond donors (Lipinski definition) is 0. The second kappa shape index (κ2) is 398. The lowest BCUT2D eigenvalue weighted by Gasteiger charge is -0.734. The maximum absolute atomic E-state index is 7.83. The van der Waals surface area contributed by atoms with Crippen LogP contribution in [0.5, 0.6) is 0 Å². The molecule has 0 unspecified atom stereocenters. The molecule has 0 rings (SSSR count). The molecule has 0 aromatic carbocycles. The zero-order chi connectivity index (χ0) is 2.00. The van der Waals surface area contributed by atoms with Crippen molar-refractivity contribution in [1.29, 1.82) is 0 Å². The molecule has 0 radical (unpaired) electrons. The molecule has 0 amide bonds. The molecule has 4 heteroatoms. The van der Waals surface area contributed by atoms with Crippen LogP contribution in [0.2, 0.25) is 0 Å². The van der Waals surface area contributed by atoms with E-state index in [0.29, 0.717) is 0 Å². The Hall–Kier alpha value is 0.197. The fourth-order valence-corrected chi connectivity index (χ4v) is 0. The molecule has 4 heavy (non-hydrogen) atoms. The van der Waals surface area contributed by atoms with E-state index in [1.807, 2.05) is 0 Å². The summed E-state index contributed by atoms with van der Waals surface area (Å²) in [5, 5.41) is 0. The van der Waals surface area contributed by atoms with E-state index in [0.717, 1.165) is 0 Å². The third kappa shape index (κ3) is 81.2. The van der Waals surface area contributed by atoms with E-state index in [4.69, 9.17) is 4.21 Å². The van der Waals surface area contributed by atoms with Gasteiger partial charge in [-0.05, 0) is 11.0 Å². The molecular formula is H6O2SSi. The minimum Gasteiger partial charge on any atom is -0.412 e.